The summed E-state index contributed by atoms with van der Waals surface area (Å²) >= 11 is 0. The number of fused-ring (bicyclic) bond motifs is 4. The van der Waals surface area contributed by atoms with Gasteiger partial charge in [0.1, 0.15) is 5.52 Å². The highest BCUT2D eigenvalue weighted by Gasteiger charge is 2.39. The lowest BCUT2D eigenvalue weighted by molar-refractivity contribution is 0.620. The Kier molecular flexibility index (Phi) is 2.81. The molecule has 124 valence electrons. The molecule has 0 bridgehead atoms. The van der Waals surface area contributed by atoms with Gasteiger partial charge in [0.05, 0.1) is 0 Å². The third kappa shape index (κ3) is 2.15. The van der Waals surface area contributed by atoms with Crippen molar-refractivity contribution in [3.8, 4) is 22.6 Å². The van der Waals surface area contributed by atoms with Crippen molar-refractivity contribution >= 4 is 17.2 Å². The molecule has 2 nitrogen and oxygen atoms in total. The zero-order valence-corrected chi connectivity index (χ0v) is 14.2. The van der Waals surface area contributed by atoms with E-state index in [4.69, 9.17) is 9.40 Å². The first-order chi connectivity index (χ1) is 12.8. The van der Waals surface area contributed by atoms with Crippen molar-refractivity contribution in [1.82, 2.24) is 4.98 Å². The lowest BCUT2D eigenvalue weighted by Crippen LogP contribution is -1.93. The fourth-order valence-corrected chi connectivity index (χ4v) is 4.06. The molecule has 0 radical (unpaired) electrons. The van der Waals surface area contributed by atoms with E-state index in [9.17, 15) is 0 Å². The highest BCUT2D eigenvalue weighted by atomic mass is 16.3. The summed E-state index contributed by atoms with van der Waals surface area (Å²) in [7, 11) is 0. The third-order valence-electron chi connectivity index (χ3n) is 5.59. The number of rotatable bonds is 2. The van der Waals surface area contributed by atoms with E-state index in [-0.39, 0.29) is 0 Å². The van der Waals surface area contributed by atoms with Crippen LogP contribution in [0.1, 0.15) is 23.5 Å². The van der Waals surface area contributed by atoms with Crippen LogP contribution in [0, 0.1) is 5.92 Å². The summed E-state index contributed by atoms with van der Waals surface area (Å²) in [5, 5.41) is 0. The fraction of sp³-hybridized carbons (Fsp3) is 0.125. The molecule has 0 N–H and O–H groups in total. The maximum absolute atomic E-state index is 6.11. The maximum atomic E-state index is 6.11. The number of allylic oxidation sites excluding steroid dienone is 1. The number of aromatic nitrogens is 1. The van der Waals surface area contributed by atoms with Gasteiger partial charge in [0.2, 0.25) is 5.89 Å². The first-order valence-electron chi connectivity index (χ1n) is 9.14. The molecule has 0 saturated heterocycles. The second-order valence-electron chi connectivity index (χ2n) is 7.28. The molecule has 0 aliphatic heterocycles. The largest absolute Gasteiger partial charge is 0.436 e. The topological polar surface area (TPSA) is 26.0 Å². The average Bonchev–Trinajstić information content (AvgIpc) is 3.38. The van der Waals surface area contributed by atoms with Gasteiger partial charge in [-0.3, -0.25) is 0 Å². The van der Waals surface area contributed by atoms with Crippen molar-refractivity contribution in [3.05, 3.63) is 83.9 Å². The highest BCUT2D eigenvalue weighted by molar-refractivity contribution is 5.82. The Labute approximate surface area is 151 Å². The summed E-state index contributed by atoms with van der Waals surface area (Å²) in [5.41, 5.74) is 7.90. The molecule has 4 aromatic rings. The van der Waals surface area contributed by atoms with Crippen LogP contribution in [0.4, 0.5) is 0 Å². The van der Waals surface area contributed by atoms with Gasteiger partial charge in [-0.15, -0.1) is 0 Å². The fourth-order valence-electron chi connectivity index (χ4n) is 4.06. The molecule has 26 heavy (non-hydrogen) atoms. The molecule has 3 aromatic carbocycles. The van der Waals surface area contributed by atoms with Crippen LogP contribution in [-0.2, 0) is 0 Å². The van der Waals surface area contributed by atoms with E-state index in [1.807, 2.05) is 12.1 Å². The normalized spacial score (nSPS) is 20.0. The second kappa shape index (κ2) is 5.18. The van der Waals surface area contributed by atoms with Gasteiger partial charge in [-0.25, -0.2) is 4.98 Å². The Morgan fingerprint density at radius 2 is 1.73 bits per heavy atom. The van der Waals surface area contributed by atoms with E-state index in [0.29, 0.717) is 5.89 Å². The third-order valence-corrected chi connectivity index (χ3v) is 5.59. The molecular formula is C24H17NO. The first-order valence-corrected chi connectivity index (χ1v) is 9.14. The number of hydrogen-bond acceptors (Lipinski definition) is 2. The molecule has 1 aromatic heterocycles. The van der Waals surface area contributed by atoms with Crippen LogP contribution in [0.15, 0.2) is 77.2 Å². The van der Waals surface area contributed by atoms with Gasteiger partial charge < -0.3 is 4.42 Å². The van der Waals surface area contributed by atoms with E-state index in [1.165, 1.54) is 23.1 Å². The standard InChI is InChI=1S/C24H17NO/c1-2-4-15(5-3-1)16-9-11-22-23(14-16)26-24(25-22)19-8-10-20-17(12-19)6-7-18-13-21(18)20/h1-12,14,18,21H,13H2. The molecule has 2 heteroatoms. The lowest BCUT2D eigenvalue weighted by atomic mass is 9.95. The average molecular weight is 335 g/mol. The first kappa shape index (κ1) is 14.1. The van der Waals surface area contributed by atoms with E-state index < -0.39 is 0 Å². The molecule has 0 spiro atoms. The van der Waals surface area contributed by atoms with Gasteiger partial charge in [-0.1, -0.05) is 54.6 Å². The zero-order valence-electron chi connectivity index (χ0n) is 14.2. The smallest absolute Gasteiger partial charge is 0.227 e. The summed E-state index contributed by atoms with van der Waals surface area (Å²) in [5.74, 6) is 2.20. The monoisotopic (exact) mass is 335 g/mol. The van der Waals surface area contributed by atoms with Crippen molar-refractivity contribution < 1.29 is 4.42 Å². The molecule has 2 atom stereocenters. The molecule has 2 unspecified atom stereocenters. The van der Waals surface area contributed by atoms with Crippen LogP contribution in [-0.4, -0.2) is 4.98 Å². The molecule has 2 aliphatic carbocycles. The molecule has 1 saturated carbocycles. The summed E-state index contributed by atoms with van der Waals surface area (Å²) in [4.78, 5) is 4.71. The van der Waals surface area contributed by atoms with Crippen molar-refractivity contribution in [1.29, 1.82) is 0 Å². The Balaban J connectivity index is 1.43. The minimum absolute atomic E-state index is 0.694. The molecule has 2 aliphatic rings. The van der Waals surface area contributed by atoms with Crippen LogP contribution in [0.2, 0.25) is 0 Å². The van der Waals surface area contributed by atoms with E-state index in [2.05, 4.69) is 66.7 Å². The minimum atomic E-state index is 0.694. The predicted octanol–water partition coefficient (Wildman–Crippen LogP) is 6.29. The molecule has 0 amide bonds. The number of hydrogen-bond donors (Lipinski definition) is 0. The van der Waals surface area contributed by atoms with Gasteiger partial charge in [0, 0.05) is 5.56 Å². The zero-order chi connectivity index (χ0) is 17.1. The SMILES string of the molecule is C1=CC2CC2c2ccc(-c3nc4ccc(-c5ccccc5)cc4o3)cc21. The van der Waals surface area contributed by atoms with Crippen LogP contribution in [0.5, 0.6) is 0 Å². The quantitative estimate of drug-likeness (QED) is 0.430. The van der Waals surface area contributed by atoms with Gasteiger partial charge in [0.25, 0.3) is 0 Å². The number of nitrogens with zero attached hydrogens (tertiary/aromatic N) is 1. The van der Waals surface area contributed by atoms with Crippen LogP contribution >= 0.6 is 0 Å². The Morgan fingerprint density at radius 1 is 0.846 bits per heavy atom. The minimum Gasteiger partial charge on any atom is -0.436 e. The van der Waals surface area contributed by atoms with Gasteiger partial charge in [0.15, 0.2) is 5.58 Å². The van der Waals surface area contributed by atoms with E-state index in [1.54, 1.807) is 0 Å². The van der Waals surface area contributed by atoms with Crippen molar-refractivity contribution in [2.24, 2.45) is 5.92 Å². The van der Waals surface area contributed by atoms with Crippen molar-refractivity contribution in [3.63, 3.8) is 0 Å². The number of benzene rings is 3. The summed E-state index contributed by atoms with van der Waals surface area (Å²) in [6.07, 6.45) is 5.89. The molecule has 1 fully saturated rings. The van der Waals surface area contributed by atoms with Gasteiger partial charge in [-0.2, -0.15) is 0 Å². The Hall–Kier alpha value is -3.13. The lowest BCUT2D eigenvalue weighted by Gasteiger charge is -2.10. The van der Waals surface area contributed by atoms with Crippen LogP contribution in [0.3, 0.4) is 0 Å². The van der Waals surface area contributed by atoms with Gasteiger partial charge >= 0.3 is 0 Å². The van der Waals surface area contributed by atoms with E-state index >= 15 is 0 Å². The molecular weight excluding hydrogens is 318 g/mol. The van der Waals surface area contributed by atoms with Gasteiger partial charge in [-0.05, 0) is 64.8 Å². The van der Waals surface area contributed by atoms with Crippen molar-refractivity contribution in [2.75, 3.05) is 0 Å². The van der Waals surface area contributed by atoms with Crippen LogP contribution in [0.25, 0.3) is 39.8 Å². The molecule has 6 rings (SSSR count). The molecule has 1 heterocycles. The Morgan fingerprint density at radius 3 is 2.65 bits per heavy atom. The predicted molar refractivity (Wildman–Crippen MR) is 105 cm³/mol. The summed E-state index contributed by atoms with van der Waals surface area (Å²) in [6.45, 7) is 0. The van der Waals surface area contributed by atoms with Crippen LogP contribution < -0.4 is 0 Å². The summed E-state index contributed by atoms with van der Waals surface area (Å²) < 4.78 is 6.11. The maximum Gasteiger partial charge on any atom is 0.227 e. The summed E-state index contributed by atoms with van der Waals surface area (Å²) in [6, 6.07) is 23.2. The highest BCUT2D eigenvalue weighted by Crippen LogP contribution is 2.53. The second-order valence-corrected chi connectivity index (χ2v) is 7.28. The Bertz CT molecular complexity index is 1170. The van der Waals surface area contributed by atoms with Crippen molar-refractivity contribution in [2.45, 2.75) is 12.3 Å². The van der Waals surface area contributed by atoms with E-state index in [0.717, 1.165) is 34.1 Å². The number of oxazole rings is 1.